The maximum atomic E-state index is 12.6. The third kappa shape index (κ3) is 4.48. The molecule has 1 aromatic rings. The molecule has 6 heteroatoms. The first-order chi connectivity index (χ1) is 9.90. The molecule has 2 aliphatic carbocycles. The summed E-state index contributed by atoms with van der Waals surface area (Å²) in [7, 11) is 0. The number of furan rings is 1. The van der Waals surface area contributed by atoms with Crippen LogP contribution in [0.25, 0.3) is 0 Å². The molecule has 1 heterocycles. The van der Waals surface area contributed by atoms with E-state index in [9.17, 15) is 13.2 Å². The minimum absolute atomic E-state index is 0.0603. The smallest absolute Gasteiger partial charge is 0.401 e. The van der Waals surface area contributed by atoms with E-state index in [2.05, 4.69) is 5.32 Å². The lowest BCUT2D eigenvalue weighted by Gasteiger charge is -2.22. The summed E-state index contributed by atoms with van der Waals surface area (Å²) < 4.78 is 43.5. The fourth-order valence-electron chi connectivity index (χ4n) is 2.57. The topological polar surface area (TPSA) is 28.4 Å². The Bertz CT molecular complexity index is 490. The van der Waals surface area contributed by atoms with Crippen LogP contribution >= 0.6 is 0 Å². The van der Waals surface area contributed by atoms with Gasteiger partial charge >= 0.3 is 6.18 Å². The number of alkyl halides is 3. The third-order valence-corrected chi connectivity index (χ3v) is 4.03. The van der Waals surface area contributed by atoms with Gasteiger partial charge in [-0.25, -0.2) is 0 Å². The highest BCUT2D eigenvalue weighted by Gasteiger charge is 2.38. The lowest BCUT2D eigenvalue weighted by Crippen LogP contribution is -2.35. The van der Waals surface area contributed by atoms with Crippen molar-refractivity contribution in [3.05, 3.63) is 23.2 Å². The van der Waals surface area contributed by atoms with Crippen molar-refractivity contribution in [1.82, 2.24) is 10.2 Å². The van der Waals surface area contributed by atoms with Crippen LogP contribution in [-0.4, -0.2) is 29.7 Å². The van der Waals surface area contributed by atoms with Gasteiger partial charge in [-0.15, -0.1) is 0 Å². The summed E-state index contributed by atoms with van der Waals surface area (Å²) in [5, 5.41) is 3.40. The number of nitrogens with one attached hydrogen (secondary N) is 1. The molecule has 0 unspecified atom stereocenters. The lowest BCUT2D eigenvalue weighted by molar-refractivity contribution is -0.148. The summed E-state index contributed by atoms with van der Waals surface area (Å²) in [6.07, 6.45) is -0.0199. The average Bonchev–Trinajstić information content (AvgIpc) is 3.24. The van der Waals surface area contributed by atoms with Crippen molar-refractivity contribution in [2.75, 3.05) is 6.54 Å². The molecule has 2 fully saturated rings. The number of rotatable bonds is 7. The van der Waals surface area contributed by atoms with E-state index in [1.54, 1.807) is 0 Å². The van der Waals surface area contributed by atoms with Gasteiger partial charge in [-0.2, -0.15) is 13.2 Å². The maximum Gasteiger partial charge on any atom is 0.401 e. The Morgan fingerprint density at radius 1 is 1.29 bits per heavy atom. The molecule has 3 rings (SSSR count). The van der Waals surface area contributed by atoms with Crippen LogP contribution in [0.3, 0.4) is 0 Å². The van der Waals surface area contributed by atoms with E-state index in [1.807, 2.05) is 13.0 Å². The van der Waals surface area contributed by atoms with Gasteiger partial charge < -0.3 is 9.73 Å². The van der Waals surface area contributed by atoms with E-state index >= 15 is 0 Å². The van der Waals surface area contributed by atoms with Crippen LogP contribution < -0.4 is 5.32 Å². The highest BCUT2D eigenvalue weighted by molar-refractivity contribution is 5.21. The van der Waals surface area contributed by atoms with Crippen LogP contribution in [0.2, 0.25) is 0 Å². The van der Waals surface area contributed by atoms with Gasteiger partial charge in [0.05, 0.1) is 13.1 Å². The molecular formula is C15H21F3N2O. The van der Waals surface area contributed by atoms with Gasteiger partial charge in [0.1, 0.15) is 11.5 Å². The molecule has 0 saturated heterocycles. The summed E-state index contributed by atoms with van der Waals surface area (Å²) >= 11 is 0. The van der Waals surface area contributed by atoms with E-state index in [0.29, 0.717) is 11.8 Å². The van der Waals surface area contributed by atoms with Crippen LogP contribution in [-0.2, 0) is 13.1 Å². The van der Waals surface area contributed by atoms with Gasteiger partial charge in [-0.05, 0) is 38.7 Å². The molecule has 0 atom stereocenters. The molecule has 2 saturated carbocycles. The molecule has 0 bridgehead atoms. The molecule has 0 aromatic carbocycles. The summed E-state index contributed by atoms with van der Waals surface area (Å²) in [6, 6.07) is 2.57. The Kier molecular flexibility index (Phi) is 4.01. The number of aryl methyl sites for hydroxylation is 1. The first kappa shape index (κ1) is 14.9. The molecule has 3 nitrogen and oxygen atoms in total. The number of hydrogen-bond donors (Lipinski definition) is 1. The van der Waals surface area contributed by atoms with Crippen LogP contribution in [0.5, 0.6) is 0 Å². The van der Waals surface area contributed by atoms with Crippen molar-refractivity contribution < 1.29 is 17.6 Å². The van der Waals surface area contributed by atoms with Gasteiger partial charge in [0.2, 0.25) is 0 Å². The molecule has 1 aromatic heterocycles. The summed E-state index contributed by atoms with van der Waals surface area (Å²) in [6.45, 7) is 2.00. The largest absolute Gasteiger partial charge is 0.465 e. The second-order valence-electron chi connectivity index (χ2n) is 6.20. The highest BCUT2D eigenvalue weighted by atomic mass is 19.4. The van der Waals surface area contributed by atoms with Crippen molar-refractivity contribution in [2.24, 2.45) is 0 Å². The predicted octanol–water partition coefficient (Wildman–Crippen LogP) is 3.37. The molecule has 118 valence electrons. The van der Waals surface area contributed by atoms with E-state index < -0.39 is 12.7 Å². The normalized spacial score (nSPS) is 19.5. The zero-order valence-corrected chi connectivity index (χ0v) is 12.2. The fraction of sp³-hybridized carbons (Fsp3) is 0.733. The Labute approximate surface area is 122 Å². The first-order valence-corrected chi connectivity index (χ1v) is 7.53. The Morgan fingerprint density at radius 3 is 2.57 bits per heavy atom. The molecule has 0 aliphatic heterocycles. The van der Waals surface area contributed by atoms with Gasteiger partial charge in [0.15, 0.2) is 0 Å². The molecule has 0 amide bonds. The quantitative estimate of drug-likeness (QED) is 0.837. The zero-order chi connectivity index (χ0) is 15.0. The van der Waals surface area contributed by atoms with E-state index in [1.165, 1.54) is 17.7 Å². The highest BCUT2D eigenvalue weighted by Crippen LogP contribution is 2.32. The van der Waals surface area contributed by atoms with Crippen LogP contribution in [0.15, 0.2) is 10.5 Å². The monoisotopic (exact) mass is 302 g/mol. The zero-order valence-electron chi connectivity index (χ0n) is 12.2. The summed E-state index contributed by atoms with van der Waals surface area (Å²) in [5.74, 6) is 1.44. The molecule has 21 heavy (non-hydrogen) atoms. The number of hydrogen-bond acceptors (Lipinski definition) is 3. The SMILES string of the molecule is Cc1oc(CN(CC(F)(F)F)C2CC2)cc1CNC1CC1. The van der Waals surface area contributed by atoms with Crippen molar-refractivity contribution in [1.29, 1.82) is 0 Å². The van der Waals surface area contributed by atoms with Gasteiger partial charge in [0.25, 0.3) is 0 Å². The van der Waals surface area contributed by atoms with Crippen LogP contribution in [0.1, 0.15) is 42.8 Å². The van der Waals surface area contributed by atoms with E-state index in [4.69, 9.17) is 4.42 Å². The van der Waals surface area contributed by atoms with Crippen molar-refractivity contribution in [2.45, 2.75) is 64.0 Å². The maximum absolute atomic E-state index is 12.6. The Morgan fingerprint density at radius 2 is 2.00 bits per heavy atom. The minimum Gasteiger partial charge on any atom is -0.465 e. The second-order valence-corrected chi connectivity index (χ2v) is 6.20. The average molecular weight is 302 g/mol. The van der Waals surface area contributed by atoms with Crippen molar-refractivity contribution >= 4 is 0 Å². The molecule has 2 aliphatic rings. The Balaban J connectivity index is 1.60. The number of halogens is 3. The Hall–Kier alpha value is -1.01. The molecule has 0 spiro atoms. The second kappa shape index (κ2) is 5.65. The fourth-order valence-corrected chi connectivity index (χ4v) is 2.57. The lowest BCUT2D eigenvalue weighted by atomic mass is 10.2. The summed E-state index contributed by atoms with van der Waals surface area (Å²) in [5.41, 5.74) is 1.06. The van der Waals surface area contributed by atoms with Crippen molar-refractivity contribution in [3.63, 3.8) is 0 Å². The third-order valence-electron chi connectivity index (χ3n) is 4.03. The standard InChI is InChI=1S/C15H21F3N2O/c1-10-11(7-19-12-2-3-12)6-14(21-10)8-20(13-4-5-13)9-15(16,17)18/h6,12-13,19H,2-5,7-9H2,1H3. The van der Waals surface area contributed by atoms with Crippen LogP contribution in [0, 0.1) is 6.92 Å². The molecular weight excluding hydrogens is 281 g/mol. The van der Waals surface area contributed by atoms with E-state index in [-0.39, 0.29) is 12.6 Å². The summed E-state index contributed by atoms with van der Waals surface area (Å²) in [4.78, 5) is 1.48. The molecule has 1 N–H and O–H groups in total. The van der Waals surface area contributed by atoms with Crippen LogP contribution in [0.4, 0.5) is 13.2 Å². The molecule has 0 radical (unpaired) electrons. The van der Waals surface area contributed by atoms with Crippen molar-refractivity contribution in [3.8, 4) is 0 Å². The first-order valence-electron chi connectivity index (χ1n) is 7.53. The number of nitrogens with zero attached hydrogens (tertiary/aromatic N) is 1. The minimum atomic E-state index is -4.15. The van der Waals surface area contributed by atoms with Gasteiger partial charge in [-0.1, -0.05) is 0 Å². The van der Waals surface area contributed by atoms with E-state index in [0.717, 1.165) is 30.7 Å². The van der Waals surface area contributed by atoms with Gasteiger partial charge in [0, 0.05) is 24.2 Å². The predicted molar refractivity (Wildman–Crippen MR) is 72.8 cm³/mol. The van der Waals surface area contributed by atoms with Gasteiger partial charge in [-0.3, -0.25) is 4.90 Å².